The summed E-state index contributed by atoms with van der Waals surface area (Å²) in [5, 5.41) is 7.95. The van der Waals surface area contributed by atoms with Gasteiger partial charge in [-0.3, -0.25) is 4.79 Å². The molecule has 23 heavy (non-hydrogen) atoms. The van der Waals surface area contributed by atoms with Crippen molar-refractivity contribution in [3.05, 3.63) is 30.6 Å². The van der Waals surface area contributed by atoms with Crippen LogP contribution in [0.5, 0.6) is 0 Å². The van der Waals surface area contributed by atoms with Gasteiger partial charge in [-0.15, -0.1) is 0 Å². The van der Waals surface area contributed by atoms with E-state index in [1.54, 1.807) is 18.9 Å². The van der Waals surface area contributed by atoms with Crippen molar-refractivity contribution in [2.75, 3.05) is 5.75 Å². The molecule has 0 atom stereocenters. The molecule has 0 bridgehead atoms. The van der Waals surface area contributed by atoms with Gasteiger partial charge >= 0.3 is 0 Å². The van der Waals surface area contributed by atoms with Gasteiger partial charge in [-0.1, -0.05) is 11.8 Å². The number of amides is 1. The number of aromatic nitrogens is 5. The van der Waals surface area contributed by atoms with E-state index in [-0.39, 0.29) is 11.9 Å². The van der Waals surface area contributed by atoms with Crippen LogP contribution in [0.1, 0.15) is 37.4 Å². The fraction of sp³-hybridized carbons (Fsp3) is 0.533. The molecule has 3 rings (SSSR count). The van der Waals surface area contributed by atoms with Gasteiger partial charge in [-0.25, -0.2) is 19.6 Å². The first kappa shape index (κ1) is 15.9. The Morgan fingerprint density at radius 2 is 2.22 bits per heavy atom. The van der Waals surface area contributed by atoms with Crippen molar-refractivity contribution >= 4 is 17.7 Å². The molecule has 1 aliphatic carbocycles. The molecule has 1 saturated carbocycles. The second-order valence-corrected chi connectivity index (χ2v) is 6.66. The number of rotatable bonds is 5. The van der Waals surface area contributed by atoms with Crippen LogP contribution in [0.3, 0.4) is 0 Å². The van der Waals surface area contributed by atoms with Gasteiger partial charge < -0.3 is 5.32 Å². The summed E-state index contributed by atoms with van der Waals surface area (Å²) in [6.45, 7) is 1.92. The molecular formula is C15H20N6OS. The first-order chi connectivity index (χ1) is 11.2. The number of nitrogens with zero attached hydrogens (tertiary/aromatic N) is 5. The van der Waals surface area contributed by atoms with Gasteiger partial charge in [0.2, 0.25) is 5.91 Å². The Morgan fingerprint density at radius 3 is 2.91 bits per heavy atom. The number of aryl methyl sites for hydroxylation is 1. The Kier molecular flexibility index (Phi) is 5.22. The molecule has 7 nitrogen and oxygen atoms in total. The fourth-order valence-corrected chi connectivity index (χ4v) is 3.47. The minimum Gasteiger partial charge on any atom is -0.353 e. The quantitative estimate of drug-likeness (QED) is 0.663. The highest BCUT2D eigenvalue weighted by Gasteiger charge is 2.23. The van der Waals surface area contributed by atoms with Crippen molar-refractivity contribution in [2.24, 2.45) is 0 Å². The summed E-state index contributed by atoms with van der Waals surface area (Å²) in [6.07, 6.45) is 9.03. The van der Waals surface area contributed by atoms with Crippen LogP contribution in [0.2, 0.25) is 0 Å². The minimum absolute atomic E-state index is 0.0457. The maximum absolute atomic E-state index is 12.1. The Balaban J connectivity index is 1.41. The topological polar surface area (TPSA) is 85.6 Å². The second-order valence-electron chi connectivity index (χ2n) is 5.72. The molecule has 0 aliphatic heterocycles. The summed E-state index contributed by atoms with van der Waals surface area (Å²) in [5.41, 5.74) is 0.911. The number of hydrogen-bond donors (Lipinski definition) is 1. The van der Waals surface area contributed by atoms with Gasteiger partial charge in [0.1, 0.15) is 12.7 Å². The molecule has 0 spiro atoms. The van der Waals surface area contributed by atoms with Crippen molar-refractivity contribution < 1.29 is 4.79 Å². The largest absolute Gasteiger partial charge is 0.353 e. The summed E-state index contributed by atoms with van der Waals surface area (Å²) in [5.74, 6) is 0.399. The van der Waals surface area contributed by atoms with Crippen LogP contribution in [-0.2, 0) is 4.79 Å². The molecule has 2 heterocycles. The van der Waals surface area contributed by atoms with Gasteiger partial charge in [-0.05, 0) is 38.7 Å². The number of carbonyl (C=O) groups excluding carboxylic acids is 1. The summed E-state index contributed by atoms with van der Waals surface area (Å²) >= 11 is 1.37. The minimum atomic E-state index is 0.0457. The zero-order chi connectivity index (χ0) is 16.1. The lowest BCUT2D eigenvalue weighted by Crippen LogP contribution is -2.39. The van der Waals surface area contributed by atoms with E-state index in [0.717, 1.165) is 31.4 Å². The monoisotopic (exact) mass is 332 g/mol. The summed E-state index contributed by atoms with van der Waals surface area (Å²) in [4.78, 5) is 24.5. The van der Waals surface area contributed by atoms with E-state index >= 15 is 0 Å². The van der Waals surface area contributed by atoms with Gasteiger partial charge in [0.05, 0.1) is 11.8 Å². The first-order valence-corrected chi connectivity index (χ1v) is 8.75. The maximum atomic E-state index is 12.1. The molecule has 0 unspecified atom stereocenters. The molecule has 0 radical (unpaired) electrons. The molecule has 122 valence electrons. The smallest absolute Gasteiger partial charge is 0.230 e. The van der Waals surface area contributed by atoms with Crippen molar-refractivity contribution in [3.8, 4) is 0 Å². The van der Waals surface area contributed by atoms with E-state index in [9.17, 15) is 4.79 Å². The van der Waals surface area contributed by atoms with Crippen LogP contribution in [0.15, 0.2) is 30.1 Å². The number of hydrogen-bond acceptors (Lipinski definition) is 6. The SMILES string of the molecule is Cc1ccnc(SCC(=O)NC2CCC(n3cncn3)CC2)n1. The highest BCUT2D eigenvalue weighted by atomic mass is 32.2. The predicted molar refractivity (Wildman–Crippen MR) is 87.0 cm³/mol. The average molecular weight is 332 g/mol. The Labute approximate surface area is 139 Å². The van der Waals surface area contributed by atoms with Crippen molar-refractivity contribution in [1.82, 2.24) is 30.0 Å². The molecule has 1 fully saturated rings. The van der Waals surface area contributed by atoms with E-state index in [4.69, 9.17) is 0 Å². The van der Waals surface area contributed by atoms with Crippen molar-refractivity contribution in [3.63, 3.8) is 0 Å². The molecule has 2 aromatic rings. The molecule has 0 aromatic carbocycles. The van der Waals surface area contributed by atoms with E-state index < -0.39 is 0 Å². The van der Waals surface area contributed by atoms with Crippen LogP contribution in [-0.4, -0.2) is 42.4 Å². The molecule has 0 saturated heterocycles. The fourth-order valence-electron chi connectivity index (χ4n) is 2.79. The molecule has 1 amide bonds. The van der Waals surface area contributed by atoms with Gasteiger partial charge in [0.25, 0.3) is 0 Å². The van der Waals surface area contributed by atoms with E-state index in [1.165, 1.54) is 11.8 Å². The van der Waals surface area contributed by atoms with Crippen LogP contribution in [0, 0.1) is 6.92 Å². The van der Waals surface area contributed by atoms with Crippen LogP contribution in [0.4, 0.5) is 0 Å². The van der Waals surface area contributed by atoms with Crippen LogP contribution < -0.4 is 5.32 Å². The number of carbonyl (C=O) groups is 1. The van der Waals surface area contributed by atoms with Gasteiger partial charge in [0.15, 0.2) is 5.16 Å². The summed E-state index contributed by atoms with van der Waals surface area (Å²) < 4.78 is 1.92. The average Bonchev–Trinajstić information content (AvgIpc) is 3.08. The number of thioether (sulfide) groups is 1. The lowest BCUT2D eigenvalue weighted by atomic mass is 9.91. The third-order valence-corrected chi connectivity index (χ3v) is 4.84. The number of nitrogens with one attached hydrogen (secondary N) is 1. The highest BCUT2D eigenvalue weighted by Crippen LogP contribution is 2.27. The first-order valence-electron chi connectivity index (χ1n) is 7.76. The third-order valence-electron chi connectivity index (χ3n) is 3.98. The standard InChI is InChI=1S/C15H20N6OS/c1-11-6-7-17-15(19-11)23-8-14(22)20-12-2-4-13(5-3-12)21-10-16-9-18-21/h6-7,9-10,12-13H,2-5,8H2,1H3,(H,20,22). The molecule has 1 aliphatic rings. The zero-order valence-corrected chi connectivity index (χ0v) is 13.9. The van der Waals surface area contributed by atoms with Crippen molar-refractivity contribution in [2.45, 2.75) is 49.8 Å². The van der Waals surface area contributed by atoms with Crippen molar-refractivity contribution in [1.29, 1.82) is 0 Å². The zero-order valence-electron chi connectivity index (χ0n) is 13.1. The lowest BCUT2D eigenvalue weighted by Gasteiger charge is -2.28. The molecular weight excluding hydrogens is 312 g/mol. The Bertz CT molecular complexity index is 639. The lowest BCUT2D eigenvalue weighted by molar-refractivity contribution is -0.119. The van der Waals surface area contributed by atoms with Gasteiger partial charge in [0, 0.05) is 17.9 Å². The molecule has 2 aromatic heterocycles. The summed E-state index contributed by atoms with van der Waals surface area (Å²) in [7, 11) is 0. The van der Waals surface area contributed by atoms with Crippen LogP contribution >= 0.6 is 11.8 Å². The normalized spacial score (nSPS) is 21.1. The van der Waals surface area contributed by atoms with E-state index in [0.29, 0.717) is 17.0 Å². The maximum Gasteiger partial charge on any atom is 0.230 e. The Hall–Kier alpha value is -1.96. The molecule has 1 N–H and O–H groups in total. The Morgan fingerprint density at radius 1 is 1.39 bits per heavy atom. The highest BCUT2D eigenvalue weighted by molar-refractivity contribution is 7.99. The van der Waals surface area contributed by atoms with E-state index in [2.05, 4.69) is 25.4 Å². The van der Waals surface area contributed by atoms with E-state index in [1.807, 2.05) is 17.7 Å². The summed E-state index contributed by atoms with van der Waals surface area (Å²) in [6, 6.07) is 2.50. The predicted octanol–water partition coefficient (Wildman–Crippen LogP) is 1.77. The molecule has 8 heteroatoms. The van der Waals surface area contributed by atoms with Crippen LogP contribution in [0.25, 0.3) is 0 Å². The third kappa shape index (κ3) is 4.51. The van der Waals surface area contributed by atoms with Gasteiger partial charge in [-0.2, -0.15) is 5.10 Å². The second kappa shape index (κ2) is 7.54.